The standard InChI is InChI=1S/C27H20N2O13/c30-22(31)13-12-20(25(34)35)28-26(36)42-21-14-18(41-27(37)40-17-8-6-16(7-9-17)29(38)39)10-11-19(21)24(33)23(32)15-4-2-1-3-5-15/h1-11,14,20H,12-13H2,(H,28,36)(H,30,31)(H,34,35)/t20-/m0/s1. The lowest BCUT2D eigenvalue weighted by atomic mass is 10.0. The highest BCUT2D eigenvalue weighted by atomic mass is 16.7. The number of hydrogen-bond acceptors (Lipinski definition) is 11. The molecule has 3 aromatic carbocycles. The van der Waals surface area contributed by atoms with E-state index >= 15 is 0 Å². The minimum atomic E-state index is -1.67. The van der Waals surface area contributed by atoms with Crippen LogP contribution < -0.4 is 19.5 Å². The van der Waals surface area contributed by atoms with E-state index in [1.54, 1.807) is 6.07 Å². The number of ketones is 2. The average Bonchev–Trinajstić information content (AvgIpc) is 2.95. The summed E-state index contributed by atoms with van der Waals surface area (Å²) < 4.78 is 15.0. The molecule has 0 heterocycles. The van der Waals surface area contributed by atoms with Gasteiger partial charge in [-0.3, -0.25) is 24.5 Å². The molecule has 216 valence electrons. The van der Waals surface area contributed by atoms with Gasteiger partial charge in [0.25, 0.3) is 5.69 Å². The third-order valence-corrected chi connectivity index (χ3v) is 5.33. The lowest BCUT2D eigenvalue weighted by Gasteiger charge is -2.15. The third kappa shape index (κ3) is 8.44. The number of amides is 1. The maximum absolute atomic E-state index is 13.0. The Labute approximate surface area is 235 Å². The van der Waals surface area contributed by atoms with Crippen LogP contribution in [0.3, 0.4) is 0 Å². The summed E-state index contributed by atoms with van der Waals surface area (Å²) in [5.41, 5.74) is -0.689. The molecule has 0 bridgehead atoms. The average molecular weight is 580 g/mol. The number of nitrogens with zero attached hydrogens (tertiary/aromatic N) is 1. The molecule has 15 nitrogen and oxygen atoms in total. The predicted molar refractivity (Wildman–Crippen MR) is 139 cm³/mol. The first-order chi connectivity index (χ1) is 19.9. The van der Waals surface area contributed by atoms with Crippen LogP contribution in [0.4, 0.5) is 15.3 Å². The van der Waals surface area contributed by atoms with Crippen LogP contribution in [0.2, 0.25) is 0 Å². The van der Waals surface area contributed by atoms with Crippen LogP contribution in [0.25, 0.3) is 0 Å². The topological polar surface area (TPSA) is 226 Å². The van der Waals surface area contributed by atoms with Crippen molar-refractivity contribution < 1.29 is 58.1 Å². The fourth-order valence-corrected chi connectivity index (χ4v) is 3.33. The van der Waals surface area contributed by atoms with E-state index in [0.29, 0.717) is 0 Å². The first-order valence-corrected chi connectivity index (χ1v) is 11.8. The Morgan fingerprint density at radius 3 is 2.02 bits per heavy atom. The molecule has 0 fully saturated rings. The summed E-state index contributed by atoms with van der Waals surface area (Å²) in [7, 11) is 0. The number of non-ortho nitro benzene ring substituents is 1. The summed E-state index contributed by atoms with van der Waals surface area (Å²) in [6.07, 6.45) is -3.82. The molecule has 0 aliphatic rings. The predicted octanol–water partition coefficient (Wildman–Crippen LogP) is 3.64. The summed E-state index contributed by atoms with van der Waals surface area (Å²) >= 11 is 0. The van der Waals surface area contributed by atoms with Gasteiger partial charge in [-0.2, -0.15) is 0 Å². The van der Waals surface area contributed by atoms with E-state index in [1.165, 1.54) is 24.3 Å². The second-order valence-electron chi connectivity index (χ2n) is 8.24. The van der Waals surface area contributed by atoms with Gasteiger partial charge in [-0.15, -0.1) is 0 Å². The number of carboxylic acid groups (broad SMARTS) is 2. The number of nitro benzene ring substituents is 1. The van der Waals surface area contributed by atoms with E-state index in [4.69, 9.17) is 19.3 Å². The Morgan fingerprint density at radius 1 is 0.810 bits per heavy atom. The minimum Gasteiger partial charge on any atom is -0.481 e. The number of aliphatic carboxylic acids is 2. The molecule has 3 N–H and O–H groups in total. The van der Waals surface area contributed by atoms with E-state index in [2.05, 4.69) is 0 Å². The second-order valence-corrected chi connectivity index (χ2v) is 8.24. The fraction of sp³-hybridized carbons (Fsp3) is 0.111. The molecule has 0 saturated heterocycles. The van der Waals surface area contributed by atoms with Crippen LogP contribution in [-0.2, 0) is 9.59 Å². The van der Waals surface area contributed by atoms with Crippen molar-refractivity contribution in [3.05, 3.63) is 94.0 Å². The van der Waals surface area contributed by atoms with E-state index in [0.717, 1.165) is 42.5 Å². The van der Waals surface area contributed by atoms with E-state index in [-0.39, 0.29) is 22.7 Å². The summed E-state index contributed by atoms with van der Waals surface area (Å²) in [6, 6.07) is 13.1. The van der Waals surface area contributed by atoms with Gasteiger partial charge in [0.05, 0.1) is 10.5 Å². The largest absolute Gasteiger partial charge is 0.519 e. The number of rotatable bonds is 12. The normalized spacial score (nSPS) is 11.0. The third-order valence-electron chi connectivity index (χ3n) is 5.33. The Bertz CT molecular complexity index is 1540. The quantitative estimate of drug-likeness (QED) is 0.0695. The minimum absolute atomic E-state index is 0.0181. The first-order valence-electron chi connectivity index (χ1n) is 11.8. The van der Waals surface area contributed by atoms with Crippen molar-refractivity contribution in [3.8, 4) is 17.2 Å². The Morgan fingerprint density at radius 2 is 1.43 bits per heavy atom. The fourth-order valence-electron chi connectivity index (χ4n) is 3.33. The van der Waals surface area contributed by atoms with Gasteiger partial charge >= 0.3 is 24.2 Å². The Kier molecular flexibility index (Phi) is 9.99. The molecule has 1 amide bonds. The highest BCUT2D eigenvalue weighted by molar-refractivity contribution is 6.49. The van der Waals surface area contributed by atoms with Crippen molar-refractivity contribution in [1.82, 2.24) is 5.32 Å². The summed E-state index contributed by atoms with van der Waals surface area (Å²) in [6.45, 7) is 0. The molecule has 0 aliphatic heterocycles. The molecular formula is C27H20N2O13. The molecule has 0 saturated carbocycles. The van der Waals surface area contributed by atoms with Gasteiger partial charge < -0.3 is 29.7 Å². The van der Waals surface area contributed by atoms with Crippen molar-refractivity contribution in [1.29, 1.82) is 0 Å². The van der Waals surface area contributed by atoms with Crippen LogP contribution in [0, 0.1) is 10.1 Å². The number of carboxylic acids is 2. The van der Waals surface area contributed by atoms with Gasteiger partial charge in [0.15, 0.2) is 0 Å². The van der Waals surface area contributed by atoms with Gasteiger partial charge in [0.2, 0.25) is 11.6 Å². The van der Waals surface area contributed by atoms with Gasteiger partial charge in [0, 0.05) is 30.2 Å². The number of carbonyl (C=O) groups is 6. The van der Waals surface area contributed by atoms with Crippen LogP contribution in [0.1, 0.15) is 33.6 Å². The molecule has 0 unspecified atom stereocenters. The van der Waals surface area contributed by atoms with E-state index in [9.17, 15) is 44.0 Å². The number of Topliss-reactive ketones (excluding diaryl/α,β-unsaturated/α-hetero) is 2. The molecule has 0 spiro atoms. The summed E-state index contributed by atoms with van der Waals surface area (Å²) in [4.78, 5) is 82.9. The SMILES string of the molecule is O=C(O)CC[C@H](NC(=O)Oc1cc(OC(=O)Oc2ccc([N+](=O)[O-])cc2)ccc1C(=O)C(=O)c1ccccc1)C(=O)O. The number of nitrogens with one attached hydrogen (secondary N) is 1. The zero-order valence-electron chi connectivity index (χ0n) is 21.3. The second kappa shape index (κ2) is 13.8. The maximum atomic E-state index is 13.0. The maximum Gasteiger partial charge on any atom is 0.519 e. The molecular weight excluding hydrogens is 560 g/mol. The number of benzene rings is 3. The Balaban J connectivity index is 1.85. The van der Waals surface area contributed by atoms with Crippen molar-refractivity contribution >= 4 is 41.4 Å². The first kappa shape index (κ1) is 30.4. The molecule has 1 atom stereocenters. The van der Waals surface area contributed by atoms with Crippen LogP contribution >= 0.6 is 0 Å². The number of carbonyl (C=O) groups excluding carboxylic acids is 4. The van der Waals surface area contributed by atoms with Gasteiger partial charge in [0.1, 0.15) is 23.3 Å². The zero-order chi connectivity index (χ0) is 30.8. The van der Waals surface area contributed by atoms with Crippen LogP contribution in [0.5, 0.6) is 17.2 Å². The summed E-state index contributed by atoms with van der Waals surface area (Å²) in [5, 5.41) is 30.8. The molecule has 15 heteroatoms. The van der Waals surface area contributed by atoms with Crippen molar-refractivity contribution in [2.24, 2.45) is 0 Å². The Hall–Kier alpha value is -6.12. The molecule has 0 radical (unpaired) electrons. The van der Waals surface area contributed by atoms with Crippen molar-refractivity contribution in [3.63, 3.8) is 0 Å². The number of ether oxygens (including phenoxy) is 3. The summed E-state index contributed by atoms with van der Waals surface area (Å²) in [5.74, 6) is -6.02. The molecule has 0 aromatic heterocycles. The lowest BCUT2D eigenvalue weighted by Crippen LogP contribution is -2.42. The van der Waals surface area contributed by atoms with E-state index < -0.39 is 70.9 Å². The van der Waals surface area contributed by atoms with Crippen molar-refractivity contribution in [2.45, 2.75) is 18.9 Å². The lowest BCUT2D eigenvalue weighted by molar-refractivity contribution is -0.384. The van der Waals surface area contributed by atoms with Gasteiger partial charge in [-0.25, -0.2) is 14.4 Å². The molecule has 0 aliphatic carbocycles. The van der Waals surface area contributed by atoms with Crippen LogP contribution in [0.15, 0.2) is 72.8 Å². The number of nitro groups is 1. The van der Waals surface area contributed by atoms with Crippen LogP contribution in [-0.4, -0.2) is 56.9 Å². The smallest absolute Gasteiger partial charge is 0.481 e. The molecule has 3 rings (SSSR count). The van der Waals surface area contributed by atoms with E-state index in [1.807, 2.05) is 5.32 Å². The monoisotopic (exact) mass is 580 g/mol. The van der Waals surface area contributed by atoms with Gasteiger partial charge in [-0.05, 0) is 30.7 Å². The molecule has 42 heavy (non-hydrogen) atoms. The highest BCUT2D eigenvalue weighted by Gasteiger charge is 2.27. The molecule has 3 aromatic rings. The van der Waals surface area contributed by atoms with Gasteiger partial charge in [-0.1, -0.05) is 30.3 Å². The van der Waals surface area contributed by atoms with Crippen molar-refractivity contribution in [2.75, 3.05) is 0 Å². The number of hydrogen-bond donors (Lipinski definition) is 3. The zero-order valence-corrected chi connectivity index (χ0v) is 21.3. The highest BCUT2D eigenvalue weighted by Crippen LogP contribution is 2.28.